The lowest BCUT2D eigenvalue weighted by Gasteiger charge is -2.27. The van der Waals surface area contributed by atoms with Gasteiger partial charge in [-0.1, -0.05) is 6.92 Å². The Morgan fingerprint density at radius 1 is 1.25 bits per heavy atom. The van der Waals surface area contributed by atoms with E-state index in [9.17, 15) is 0 Å². The molecule has 88 valence electrons. The molecule has 1 aliphatic carbocycles. The Morgan fingerprint density at radius 2 is 2.00 bits per heavy atom. The minimum Gasteiger partial charge on any atom is -0.367 e. The molecule has 0 atom stereocenters. The summed E-state index contributed by atoms with van der Waals surface area (Å²) in [4.78, 5) is 5.66. The molecular formula is C13H20N2S. The number of anilines is 1. The van der Waals surface area contributed by atoms with E-state index < -0.39 is 0 Å². The SMILES string of the molecule is CSc1ccc(NC2CCC(C)CC2)nc1. The van der Waals surface area contributed by atoms with Gasteiger partial charge < -0.3 is 5.32 Å². The highest BCUT2D eigenvalue weighted by atomic mass is 32.2. The maximum atomic E-state index is 4.43. The molecule has 0 amide bonds. The van der Waals surface area contributed by atoms with Gasteiger partial charge in [0.2, 0.25) is 0 Å². The van der Waals surface area contributed by atoms with Gasteiger partial charge >= 0.3 is 0 Å². The van der Waals surface area contributed by atoms with Gasteiger partial charge in [-0.2, -0.15) is 0 Å². The summed E-state index contributed by atoms with van der Waals surface area (Å²) < 4.78 is 0. The third-order valence-electron chi connectivity index (χ3n) is 3.34. The topological polar surface area (TPSA) is 24.9 Å². The van der Waals surface area contributed by atoms with Crippen molar-refractivity contribution in [3.8, 4) is 0 Å². The molecule has 0 saturated heterocycles. The van der Waals surface area contributed by atoms with Gasteiger partial charge in [-0.05, 0) is 50.0 Å². The molecule has 1 aromatic heterocycles. The molecule has 3 heteroatoms. The summed E-state index contributed by atoms with van der Waals surface area (Å²) >= 11 is 1.73. The Hall–Kier alpha value is -0.700. The van der Waals surface area contributed by atoms with E-state index in [2.05, 4.69) is 35.6 Å². The van der Waals surface area contributed by atoms with Crippen molar-refractivity contribution in [3.63, 3.8) is 0 Å². The molecule has 1 fully saturated rings. The fourth-order valence-electron chi connectivity index (χ4n) is 2.20. The lowest BCUT2D eigenvalue weighted by Crippen LogP contribution is -2.25. The van der Waals surface area contributed by atoms with Crippen molar-refractivity contribution in [1.82, 2.24) is 4.98 Å². The van der Waals surface area contributed by atoms with E-state index in [1.165, 1.54) is 30.6 Å². The number of pyridine rings is 1. The summed E-state index contributed by atoms with van der Waals surface area (Å²) in [6.07, 6.45) is 9.28. The van der Waals surface area contributed by atoms with Crippen LogP contribution in [0.4, 0.5) is 5.82 Å². The highest BCUT2D eigenvalue weighted by molar-refractivity contribution is 7.98. The first-order chi connectivity index (χ1) is 7.78. The van der Waals surface area contributed by atoms with Crippen molar-refractivity contribution in [2.75, 3.05) is 11.6 Å². The highest BCUT2D eigenvalue weighted by Gasteiger charge is 2.17. The van der Waals surface area contributed by atoms with Crippen LogP contribution < -0.4 is 5.32 Å². The Kier molecular flexibility index (Phi) is 4.10. The molecule has 1 heterocycles. The van der Waals surface area contributed by atoms with Crippen molar-refractivity contribution < 1.29 is 0 Å². The average Bonchev–Trinajstić information content (AvgIpc) is 2.33. The van der Waals surface area contributed by atoms with Gasteiger partial charge in [0.25, 0.3) is 0 Å². The average molecular weight is 236 g/mol. The van der Waals surface area contributed by atoms with Gasteiger partial charge in [-0.15, -0.1) is 11.8 Å². The van der Waals surface area contributed by atoms with Crippen LogP contribution >= 0.6 is 11.8 Å². The lowest BCUT2D eigenvalue weighted by molar-refractivity contribution is 0.361. The molecule has 1 saturated carbocycles. The second-order valence-electron chi connectivity index (χ2n) is 4.68. The van der Waals surface area contributed by atoms with Crippen molar-refractivity contribution in [2.45, 2.75) is 43.5 Å². The number of hydrogen-bond acceptors (Lipinski definition) is 3. The summed E-state index contributed by atoms with van der Waals surface area (Å²) in [5, 5.41) is 3.53. The van der Waals surface area contributed by atoms with Gasteiger partial charge in [0.1, 0.15) is 5.82 Å². The first-order valence-electron chi connectivity index (χ1n) is 6.04. The minimum atomic E-state index is 0.629. The van der Waals surface area contributed by atoms with E-state index in [1.807, 2.05) is 6.20 Å². The normalized spacial score (nSPS) is 25.4. The fourth-order valence-corrected chi connectivity index (χ4v) is 2.56. The molecule has 16 heavy (non-hydrogen) atoms. The Labute approximate surface area is 102 Å². The van der Waals surface area contributed by atoms with Crippen LogP contribution in [0.15, 0.2) is 23.2 Å². The molecule has 1 aromatic rings. The number of thioether (sulfide) groups is 1. The molecule has 2 nitrogen and oxygen atoms in total. The smallest absolute Gasteiger partial charge is 0.126 e. The van der Waals surface area contributed by atoms with E-state index in [0.717, 1.165) is 11.7 Å². The predicted molar refractivity (Wildman–Crippen MR) is 71.1 cm³/mol. The fraction of sp³-hybridized carbons (Fsp3) is 0.615. The molecule has 0 bridgehead atoms. The van der Waals surface area contributed by atoms with Crippen LogP contribution in [0.25, 0.3) is 0 Å². The molecule has 0 aromatic carbocycles. The van der Waals surface area contributed by atoms with Crippen molar-refractivity contribution >= 4 is 17.6 Å². The van der Waals surface area contributed by atoms with Crippen molar-refractivity contribution in [1.29, 1.82) is 0 Å². The number of nitrogens with zero attached hydrogens (tertiary/aromatic N) is 1. The largest absolute Gasteiger partial charge is 0.367 e. The zero-order chi connectivity index (χ0) is 11.4. The Balaban J connectivity index is 1.88. The maximum absolute atomic E-state index is 4.43. The van der Waals surface area contributed by atoms with Gasteiger partial charge in [-0.3, -0.25) is 0 Å². The number of aromatic nitrogens is 1. The number of rotatable bonds is 3. The Morgan fingerprint density at radius 3 is 2.56 bits per heavy atom. The molecular weight excluding hydrogens is 216 g/mol. The van der Waals surface area contributed by atoms with Crippen molar-refractivity contribution in [3.05, 3.63) is 18.3 Å². The van der Waals surface area contributed by atoms with E-state index in [4.69, 9.17) is 0 Å². The van der Waals surface area contributed by atoms with Crippen LogP contribution in [0.3, 0.4) is 0 Å². The second-order valence-corrected chi connectivity index (χ2v) is 5.56. The number of nitrogens with one attached hydrogen (secondary N) is 1. The summed E-state index contributed by atoms with van der Waals surface area (Å²) in [6.45, 7) is 2.35. The summed E-state index contributed by atoms with van der Waals surface area (Å²) in [5.41, 5.74) is 0. The van der Waals surface area contributed by atoms with Crippen LogP contribution in [-0.4, -0.2) is 17.3 Å². The van der Waals surface area contributed by atoms with Crippen LogP contribution in [0.1, 0.15) is 32.6 Å². The quantitative estimate of drug-likeness (QED) is 0.808. The zero-order valence-corrected chi connectivity index (χ0v) is 10.9. The molecule has 1 N–H and O–H groups in total. The van der Waals surface area contributed by atoms with Crippen LogP contribution in [-0.2, 0) is 0 Å². The number of hydrogen-bond donors (Lipinski definition) is 1. The lowest BCUT2D eigenvalue weighted by atomic mass is 9.87. The molecule has 0 aliphatic heterocycles. The van der Waals surface area contributed by atoms with Crippen LogP contribution in [0.5, 0.6) is 0 Å². The summed E-state index contributed by atoms with van der Waals surface area (Å²) in [7, 11) is 0. The van der Waals surface area contributed by atoms with Crippen LogP contribution in [0.2, 0.25) is 0 Å². The zero-order valence-electron chi connectivity index (χ0n) is 10.1. The summed E-state index contributed by atoms with van der Waals surface area (Å²) in [6, 6.07) is 4.85. The summed E-state index contributed by atoms with van der Waals surface area (Å²) in [5.74, 6) is 1.93. The Bertz CT molecular complexity index is 315. The second kappa shape index (κ2) is 5.58. The van der Waals surface area contributed by atoms with Gasteiger partial charge in [0.05, 0.1) is 0 Å². The molecule has 0 radical (unpaired) electrons. The standard InChI is InChI=1S/C13H20N2S/c1-10-3-5-11(6-4-10)15-13-8-7-12(16-2)9-14-13/h7-11H,3-6H2,1-2H3,(H,14,15). The first-order valence-corrected chi connectivity index (χ1v) is 7.27. The maximum Gasteiger partial charge on any atom is 0.126 e. The van der Waals surface area contributed by atoms with Crippen molar-refractivity contribution in [2.24, 2.45) is 5.92 Å². The van der Waals surface area contributed by atoms with E-state index in [-0.39, 0.29) is 0 Å². The van der Waals surface area contributed by atoms with E-state index in [1.54, 1.807) is 11.8 Å². The predicted octanol–water partition coefficient (Wildman–Crippen LogP) is 3.79. The van der Waals surface area contributed by atoms with Crippen LogP contribution in [0, 0.1) is 5.92 Å². The van der Waals surface area contributed by atoms with E-state index >= 15 is 0 Å². The monoisotopic (exact) mass is 236 g/mol. The van der Waals surface area contributed by atoms with E-state index in [0.29, 0.717) is 6.04 Å². The molecule has 1 aliphatic rings. The van der Waals surface area contributed by atoms with Gasteiger partial charge in [0.15, 0.2) is 0 Å². The third kappa shape index (κ3) is 3.14. The molecule has 0 spiro atoms. The highest BCUT2D eigenvalue weighted by Crippen LogP contribution is 2.25. The van der Waals surface area contributed by atoms with Gasteiger partial charge in [-0.25, -0.2) is 4.98 Å². The molecule has 2 rings (SSSR count). The first kappa shape index (κ1) is 11.8. The molecule has 0 unspecified atom stereocenters. The van der Waals surface area contributed by atoms with Gasteiger partial charge in [0, 0.05) is 17.1 Å². The third-order valence-corrected chi connectivity index (χ3v) is 4.05. The minimum absolute atomic E-state index is 0.629.